The number of hydrogen-bond donors (Lipinski definition) is 2. The van der Waals surface area contributed by atoms with Gasteiger partial charge in [0.05, 0.1) is 23.0 Å². The van der Waals surface area contributed by atoms with Gasteiger partial charge in [0.2, 0.25) is 11.0 Å². The molecule has 0 aliphatic carbocycles. The molecule has 1 aliphatic rings. The van der Waals surface area contributed by atoms with Gasteiger partial charge < -0.3 is 11.1 Å². The predicted molar refractivity (Wildman–Crippen MR) is 119 cm³/mol. The smallest absolute Gasteiger partial charge is 0.235 e. The van der Waals surface area contributed by atoms with E-state index >= 15 is 0 Å². The number of amidine groups is 1. The first-order chi connectivity index (χ1) is 14.5. The van der Waals surface area contributed by atoms with Crippen molar-refractivity contribution in [3.05, 3.63) is 59.9 Å². The number of halogens is 1. The van der Waals surface area contributed by atoms with E-state index in [1.54, 1.807) is 12.1 Å². The molecule has 2 aromatic carbocycles. The standard InChI is InChI=1S/C20H17FN6OS2/c1-11-17(12-6-8-13(21)9-7-12)18(24-15-5-3-2-4-14(15)23-11)25-16(28)10-29-20-27-26-19(22)30-20/h2-9,17H,10H2,1H3,(H2,22,26)(H,24,25,28)/t17-/m1/s1. The van der Waals surface area contributed by atoms with Crippen molar-refractivity contribution in [2.24, 2.45) is 9.98 Å². The van der Waals surface area contributed by atoms with E-state index in [9.17, 15) is 9.18 Å². The number of aromatic nitrogens is 2. The molecule has 1 atom stereocenters. The van der Waals surface area contributed by atoms with Gasteiger partial charge in [0, 0.05) is 5.71 Å². The fraction of sp³-hybridized carbons (Fsp3) is 0.150. The first-order valence-corrected chi connectivity index (χ1v) is 10.8. The predicted octanol–water partition coefficient (Wildman–Crippen LogP) is 4.09. The number of carbonyl (C=O) groups is 1. The van der Waals surface area contributed by atoms with Crippen LogP contribution >= 0.6 is 23.1 Å². The monoisotopic (exact) mass is 440 g/mol. The van der Waals surface area contributed by atoms with E-state index in [1.807, 2.05) is 31.2 Å². The number of benzene rings is 2. The van der Waals surface area contributed by atoms with Gasteiger partial charge >= 0.3 is 0 Å². The molecule has 0 saturated heterocycles. The maximum absolute atomic E-state index is 13.5. The summed E-state index contributed by atoms with van der Waals surface area (Å²) < 4.78 is 14.1. The van der Waals surface area contributed by atoms with Gasteiger partial charge in [-0.25, -0.2) is 9.38 Å². The van der Waals surface area contributed by atoms with Gasteiger partial charge in [-0.15, -0.1) is 10.2 Å². The van der Waals surface area contributed by atoms with Gasteiger partial charge in [-0.05, 0) is 36.8 Å². The second kappa shape index (κ2) is 8.72. The second-order valence-corrected chi connectivity index (χ2v) is 8.70. The number of carbonyl (C=O) groups excluding carboxylic acids is 1. The molecule has 0 bridgehead atoms. The van der Waals surface area contributed by atoms with Crippen molar-refractivity contribution in [3.8, 4) is 0 Å². The van der Waals surface area contributed by atoms with Gasteiger partial charge in [-0.2, -0.15) is 0 Å². The summed E-state index contributed by atoms with van der Waals surface area (Å²) >= 11 is 2.47. The third kappa shape index (κ3) is 4.55. The largest absolute Gasteiger partial charge is 0.374 e. The van der Waals surface area contributed by atoms with Crippen LogP contribution in [-0.2, 0) is 4.79 Å². The van der Waals surface area contributed by atoms with Crippen molar-refractivity contribution in [2.75, 3.05) is 11.5 Å². The van der Waals surface area contributed by atoms with Crippen LogP contribution in [-0.4, -0.2) is 33.4 Å². The lowest BCUT2D eigenvalue weighted by Gasteiger charge is -2.19. The fourth-order valence-corrected chi connectivity index (χ4v) is 4.48. The Morgan fingerprint density at radius 3 is 2.50 bits per heavy atom. The van der Waals surface area contributed by atoms with Crippen LogP contribution in [0, 0.1) is 5.82 Å². The summed E-state index contributed by atoms with van der Waals surface area (Å²) in [6, 6.07) is 13.6. The van der Waals surface area contributed by atoms with Crippen LogP contribution in [0.1, 0.15) is 18.4 Å². The number of nitrogens with two attached hydrogens (primary N) is 1. The molecule has 0 fully saturated rings. The number of fused-ring (bicyclic) bond motifs is 1. The average Bonchev–Trinajstić information content (AvgIpc) is 3.08. The molecule has 0 unspecified atom stereocenters. The first-order valence-electron chi connectivity index (χ1n) is 8.99. The number of thioether (sulfide) groups is 1. The molecule has 0 radical (unpaired) electrons. The van der Waals surface area contributed by atoms with Gasteiger partial charge in [0.1, 0.15) is 11.7 Å². The van der Waals surface area contributed by atoms with Crippen LogP contribution in [0.3, 0.4) is 0 Å². The van der Waals surface area contributed by atoms with Crippen molar-refractivity contribution >= 4 is 57.1 Å². The number of nitrogen functional groups attached to an aromatic ring is 1. The Morgan fingerprint density at radius 2 is 1.83 bits per heavy atom. The third-order valence-electron chi connectivity index (χ3n) is 4.33. The van der Waals surface area contributed by atoms with E-state index in [-0.39, 0.29) is 17.5 Å². The second-order valence-electron chi connectivity index (χ2n) is 6.47. The average molecular weight is 441 g/mol. The van der Waals surface area contributed by atoms with E-state index in [1.165, 1.54) is 35.2 Å². The van der Waals surface area contributed by atoms with Crippen LogP contribution in [0.15, 0.2) is 62.9 Å². The zero-order valence-corrected chi connectivity index (χ0v) is 17.5. The molecule has 7 nitrogen and oxygen atoms in total. The normalized spacial score (nSPS) is 15.6. The molecule has 4 rings (SSSR count). The van der Waals surface area contributed by atoms with E-state index < -0.39 is 5.92 Å². The quantitative estimate of drug-likeness (QED) is 0.595. The van der Waals surface area contributed by atoms with E-state index in [0.717, 1.165) is 11.3 Å². The fourth-order valence-electron chi connectivity index (χ4n) is 3.04. The topological polar surface area (TPSA) is 106 Å². The SMILES string of the molecule is CC1=Nc2ccccc2N=C(NC(=O)CSc2nnc(N)s2)[C@H]1c1ccc(F)cc1. The Kier molecular flexibility index (Phi) is 5.86. The molecule has 3 N–H and O–H groups in total. The number of rotatable bonds is 4. The highest BCUT2D eigenvalue weighted by Gasteiger charge is 2.26. The zero-order valence-electron chi connectivity index (χ0n) is 15.9. The maximum Gasteiger partial charge on any atom is 0.235 e. The van der Waals surface area contributed by atoms with Crippen molar-refractivity contribution in [3.63, 3.8) is 0 Å². The number of para-hydroxylation sites is 2. The molecule has 2 heterocycles. The molecule has 0 spiro atoms. The molecule has 3 aromatic rings. The lowest BCUT2D eigenvalue weighted by Crippen LogP contribution is -2.38. The molecule has 1 aromatic heterocycles. The highest BCUT2D eigenvalue weighted by atomic mass is 32.2. The summed E-state index contributed by atoms with van der Waals surface area (Å²) in [7, 11) is 0. The van der Waals surface area contributed by atoms with E-state index in [2.05, 4.69) is 15.5 Å². The summed E-state index contributed by atoms with van der Waals surface area (Å²) in [6.07, 6.45) is 0. The molecule has 1 amide bonds. The minimum absolute atomic E-state index is 0.127. The molecule has 1 aliphatic heterocycles. The summed E-state index contributed by atoms with van der Waals surface area (Å²) in [5.74, 6) is -0.423. The van der Waals surface area contributed by atoms with Crippen LogP contribution in [0.2, 0.25) is 0 Å². The Hall–Kier alpha value is -3.11. The molecular formula is C20H17FN6OS2. The molecule has 0 saturated carbocycles. The van der Waals surface area contributed by atoms with Crippen molar-refractivity contribution in [1.29, 1.82) is 0 Å². The van der Waals surface area contributed by atoms with Crippen molar-refractivity contribution in [1.82, 2.24) is 15.5 Å². The molecular weight excluding hydrogens is 423 g/mol. The van der Waals surface area contributed by atoms with Crippen LogP contribution in [0.25, 0.3) is 0 Å². The molecule has 30 heavy (non-hydrogen) atoms. The molecule has 10 heteroatoms. The number of amides is 1. The molecule has 152 valence electrons. The van der Waals surface area contributed by atoms with Crippen LogP contribution in [0.4, 0.5) is 20.9 Å². The van der Waals surface area contributed by atoms with Gasteiger partial charge in [-0.3, -0.25) is 9.79 Å². The highest BCUT2D eigenvalue weighted by molar-refractivity contribution is 8.01. The zero-order chi connectivity index (χ0) is 21.1. The van der Waals surface area contributed by atoms with Crippen LogP contribution < -0.4 is 11.1 Å². The Morgan fingerprint density at radius 1 is 1.13 bits per heavy atom. The minimum atomic E-state index is -0.413. The van der Waals surface area contributed by atoms with Gasteiger partial charge in [0.25, 0.3) is 0 Å². The number of anilines is 1. The Balaban J connectivity index is 1.63. The Labute approximate surface area is 180 Å². The van der Waals surface area contributed by atoms with E-state index in [4.69, 9.17) is 15.7 Å². The van der Waals surface area contributed by atoms with Gasteiger partial charge in [-0.1, -0.05) is 47.4 Å². The summed E-state index contributed by atoms with van der Waals surface area (Å²) in [6.45, 7) is 1.87. The van der Waals surface area contributed by atoms with E-state index in [0.29, 0.717) is 26.7 Å². The number of nitrogens with one attached hydrogen (secondary N) is 1. The lowest BCUT2D eigenvalue weighted by molar-refractivity contribution is -0.117. The first kappa shape index (κ1) is 20.2. The maximum atomic E-state index is 13.5. The van der Waals surface area contributed by atoms with Gasteiger partial charge in [0.15, 0.2) is 4.34 Å². The number of hydrogen-bond acceptors (Lipinski definition) is 8. The number of aliphatic imine (C=N–C) groups is 2. The van der Waals surface area contributed by atoms with Crippen molar-refractivity contribution < 1.29 is 9.18 Å². The summed E-state index contributed by atoms with van der Waals surface area (Å²) in [5.41, 5.74) is 8.48. The highest BCUT2D eigenvalue weighted by Crippen LogP contribution is 2.34. The van der Waals surface area contributed by atoms with Crippen molar-refractivity contribution in [2.45, 2.75) is 17.2 Å². The Bertz CT molecular complexity index is 1140. The number of nitrogens with zero attached hydrogens (tertiary/aromatic N) is 4. The summed E-state index contributed by atoms with van der Waals surface area (Å²) in [5, 5.41) is 10.9. The summed E-state index contributed by atoms with van der Waals surface area (Å²) in [4.78, 5) is 22.1. The third-order valence-corrected chi connectivity index (χ3v) is 6.22. The minimum Gasteiger partial charge on any atom is -0.374 e. The van der Waals surface area contributed by atoms with Crippen LogP contribution in [0.5, 0.6) is 0 Å². The lowest BCUT2D eigenvalue weighted by atomic mass is 9.93.